The molecule has 2 heteroatoms. The molecule has 0 radical (unpaired) electrons. The van der Waals surface area contributed by atoms with E-state index in [1.807, 2.05) is 30.3 Å². The third-order valence-electron chi connectivity index (χ3n) is 3.44. The summed E-state index contributed by atoms with van der Waals surface area (Å²) in [5.74, 6) is 0. The Morgan fingerprint density at radius 3 is 2.53 bits per heavy atom. The van der Waals surface area contributed by atoms with Crippen molar-refractivity contribution >= 4 is 0 Å². The highest BCUT2D eigenvalue weighted by atomic mass is 19.1. The molecule has 0 bridgehead atoms. The van der Waals surface area contributed by atoms with E-state index in [0.717, 1.165) is 18.4 Å². The molecule has 0 amide bonds. The van der Waals surface area contributed by atoms with Gasteiger partial charge in [0, 0.05) is 6.42 Å². The average molecular weight is 236 g/mol. The van der Waals surface area contributed by atoms with Crippen LogP contribution in [0.15, 0.2) is 30.3 Å². The van der Waals surface area contributed by atoms with Crippen LogP contribution in [0.5, 0.6) is 0 Å². The van der Waals surface area contributed by atoms with Crippen molar-refractivity contribution in [3.63, 3.8) is 0 Å². The molecule has 0 spiro atoms. The fourth-order valence-corrected chi connectivity index (χ4v) is 2.40. The van der Waals surface area contributed by atoms with E-state index < -0.39 is 6.17 Å². The van der Waals surface area contributed by atoms with Crippen LogP contribution in [0.25, 0.3) is 0 Å². The molecule has 0 saturated heterocycles. The molecule has 94 valence electrons. The molecule has 1 aromatic carbocycles. The van der Waals surface area contributed by atoms with Gasteiger partial charge in [-0.25, -0.2) is 4.39 Å². The fourth-order valence-electron chi connectivity index (χ4n) is 2.40. The molecular formula is C15H21FO. The molecule has 1 fully saturated rings. The first kappa shape index (κ1) is 12.6. The van der Waals surface area contributed by atoms with Crippen LogP contribution < -0.4 is 0 Å². The van der Waals surface area contributed by atoms with Crippen molar-refractivity contribution < 1.29 is 9.13 Å². The zero-order chi connectivity index (χ0) is 11.9. The van der Waals surface area contributed by atoms with Crippen LogP contribution in [0.1, 0.15) is 50.3 Å². The van der Waals surface area contributed by atoms with Gasteiger partial charge in [-0.3, -0.25) is 0 Å². The maximum atomic E-state index is 13.8. The normalized spacial score (nSPS) is 19.1. The highest BCUT2D eigenvalue weighted by molar-refractivity contribution is 5.17. The molecule has 0 aromatic heterocycles. The van der Waals surface area contributed by atoms with Crippen LogP contribution in [0.3, 0.4) is 0 Å². The maximum Gasteiger partial charge on any atom is 0.127 e. The first-order valence-electron chi connectivity index (χ1n) is 6.67. The van der Waals surface area contributed by atoms with Crippen molar-refractivity contribution in [3.05, 3.63) is 35.9 Å². The number of alkyl halides is 1. The summed E-state index contributed by atoms with van der Waals surface area (Å²) < 4.78 is 19.5. The SMILES string of the molecule is FC(CCOC1CCCCC1)c1ccccc1. The van der Waals surface area contributed by atoms with Crippen molar-refractivity contribution in [1.82, 2.24) is 0 Å². The lowest BCUT2D eigenvalue weighted by molar-refractivity contribution is 0.0185. The Labute approximate surface area is 103 Å². The number of halogens is 1. The summed E-state index contributed by atoms with van der Waals surface area (Å²) >= 11 is 0. The largest absolute Gasteiger partial charge is 0.378 e. The molecule has 1 saturated carbocycles. The standard InChI is InChI=1S/C15H21FO/c16-15(13-7-3-1-4-8-13)11-12-17-14-9-5-2-6-10-14/h1,3-4,7-8,14-15H,2,5-6,9-12H2. The van der Waals surface area contributed by atoms with Gasteiger partial charge in [-0.15, -0.1) is 0 Å². The van der Waals surface area contributed by atoms with Gasteiger partial charge >= 0.3 is 0 Å². The Bertz CT molecular complexity index is 306. The number of ether oxygens (including phenoxy) is 1. The Morgan fingerprint density at radius 2 is 1.82 bits per heavy atom. The zero-order valence-electron chi connectivity index (χ0n) is 10.3. The van der Waals surface area contributed by atoms with Crippen molar-refractivity contribution in [1.29, 1.82) is 0 Å². The molecule has 1 aromatic rings. The first-order valence-corrected chi connectivity index (χ1v) is 6.67. The van der Waals surface area contributed by atoms with Gasteiger partial charge in [0.15, 0.2) is 0 Å². The highest BCUT2D eigenvalue weighted by Gasteiger charge is 2.15. The van der Waals surface area contributed by atoms with E-state index in [2.05, 4.69) is 0 Å². The lowest BCUT2D eigenvalue weighted by Gasteiger charge is -2.22. The topological polar surface area (TPSA) is 9.23 Å². The molecule has 17 heavy (non-hydrogen) atoms. The lowest BCUT2D eigenvalue weighted by atomic mass is 9.98. The van der Waals surface area contributed by atoms with Crippen LogP contribution in [0.2, 0.25) is 0 Å². The molecule has 1 aliphatic carbocycles. The molecule has 1 nitrogen and oxygen atoms in total. The second-order valence-corrected chi connectivity index (χ2v) is 4.80. The Balaban J connectivity index is 1.67. The van der Waals surface area contributed by atoms with Crippen molar-refractivity contribution in [2.45, 2.75) is 50.8 Å². The van der Waals surface area contributed by atoms with Gasteiger partial charge in [0.2, 0.25) is 0 Å². The van der Waals surface area contributed by atoms with Crippen LogP contribution in [-0.2, 0) is 4.74 Å². The lowest BCUT2D eigenvalue weighted by Crippen LogP contribution is -2.17. The second kappa shape index (κ2) is 6.75. The van der Waals surface area contributed by atoms with Gasteiger partial charge in [-0.05, 0) is 18.4 Å². The minimum Gasteiger partial charge on any atom is -0.378 e. The van der Waals surface area contributed by atoms with Crippen LogP contribution in [0, 0.1) is 0 Å². The minimum absolute atomic E-state index is 0.381. The Hall–Kier alpha value is -0.890. The Kier molecular flexibility index (Phi) is 4.99. The van der Waals surface area contributed by atoms with E-state index in [0.29, 0.717) is 19.1 Å². The van der Waals surface area contributed by atoms with E-state index in [-0.39, 0.29) is 0 Å². The van der Waals surface area contributed by atoms with E-state index in [4.69, 9.17) is 4.74 Å². The van der Waals surface area contributed by atoms with Crippen molar-refractivity contribution in [3.8, 4) is 0 Å². The maximum absolute atomic E-state index is 13.8. The van der Waals surface area contributed by atoms with E-state index in [1.165, 1.54) is 19.3 Å². The van der Waals surface area contributed by atoms with Crippen LogP contribution in [0.4, 0.5) is 4.39 Å². The fraction of sp³-hybridized carbons (Fsp3) is 0.600. The predicted octanol–water partition coefficient (Wildman–Crippen LogP) is 4.44. The van der Waals surface area contributed by atoms with Gasteiger partial charge in [0.05, 0.1) is 12.7 Å². The van der Waals surface area contributed by atoms with Crippen molar-refractivity contribution in [2.75, 3.05) is 6.61 Å². The van der Waals surface area contributed by atoms with Gasteiger partial charge < -0.3 is 4.74 Å². The monoisotopic (exact) mass is 236 g/mol. The zero-order valence-corrected chi connectivity index (χ0v) is 10.3. The van der Waals surface area contributed by atoms with Gasteiger partial charge in [0.1, 0.15) is 6.17 Å². The second-order valence-electron chi connectivity index (χ2n) is 4.80. The minimum atomic E-state index is -0.889. The molecule has 0 N–H and O–H groups in total. The molecule has 2 rings (SSSR count). The quantitative estimate of drug-likeness (QED) is 0.734. The highest BCUT2D eigenvalue weighted by Crippen LogP contribution is 2.23. The van der Waals surface area contributed by atoms with E-state index in [1.54, 1.807) is 0 Å². The smallest absolute Gasteiger partial charge is 0.127 e. The number of benzene rings is 1. The third-order valence-corrected chi connectivity index (χ3v) is 3.44. The predicted molar refractivity (Wildman–Crippen MR) is 67.7 cm³/mol. The molecule has 0 heterocycles. The van der Waals surface area contributed by atoms with Gasteiger partial charge in [-0.2, -0.15) is 0 Å². The van der Waals surface area contributed by atoms with Crippen LogP contribution >= 0.6 is 0 Å². The van der Waals surface area contributed by atoms with Gasteiger partial charge in [0.25, 0.3) is 0 Å². The summed E-state index contributed by atoms with van der Waals surface area (Å²) in [6.45, 7) is 0.542. The van der Waals surface area contributed by atoms with Gasteiger partial charge in [-0.1, -0.05) is 49.6 Å². The number of hydrogen-bond acceptors (Lipinski definition) is 1. The molecule has 1 aliphatic rings. The summed E-state index contributed by atoms with van der Waals surface area (Å²) in [6.07, 6.45) is 6.14. The summed E-state index contributed by atoms with van der Waals surface area (Å²) in [5.41, 5.74) is 0.764. The average Bonchev–Trinajstić information content (AvgIpc) is 2.41. The third kappa shape index (κ3) is 4.12. The molecule has 1 atom stereocenters. The van der Waals surface area contributed by atoms with Crippen molar-refractivity contribution in [2.24, 2.45) is 0 Å². The number of hydrogen-bond donors (Lipinski definition) is 0. The number of rotatable bonds is 5. The summed E-state index contributed by atoms with van der Waals surface area (Å²) in [7, 11) is 0. The first-order chi connectivity index (χ1) is 8.36. The Morgan fingerprint density at radius 1 is 1.12 bits per heavy atom. The summed E-state index contributed by atoms with van der Waals surface area (Å²) in [6, 6.07) is 9.35. The molecular weight excluding hydrogens is 215 g/mol. The summed E-state index contributed by atoms with van der Waals surface area (Å²) in [4.78, 5) is 0. The molecule has 1 unspecified atom stereocenters. The molecule has 0 aliphatic heterocycles. The van der Waals surface area contributed by atoms with E-state index >= 15 is 0 Å². The summed E-state index contributed by atoms with van der Waals surface area (Å²) in [5, 5.41) is 0. The van der Waals surface area contributed by atoms with Crippen LogP contribution in [-0.4, -0.2) is 12.7 Å². The van der Waals surface area contributed by atoms with E-state index in [9.17, 15) is 4.39 Å².